The lowest BCUT2D eigenvalue weighted by Gasteiger charge is -2.20. The first-order valence-corrected chi connectivity index (χ1v) is 6.22. The molecule has 0 saturated carbocycles. The molecular weight excluding hydrogens is 206 g/mol. The summed E-state index contributed by atoms with van der Waals surface area (Å²) in [5, 5.41) is 0. The van der Waals surface area contributed by atoms with Gasteiger partial charge in [0.05, 0.1) is 0 Å². The summed E-state index contributed by atoms with van der Waals surface area (Å²) in [4.78, 5) is 2.32. The van der Waals surface area contributed by atoms with Crippen LogP contribution in [0.15, 0.2) is 42.5 Å². The second-order valence-corrected chi connectivity index (χ2v) is 4.65. The molecule has 1 heteroatoms. The van der Waals surface area contributed by atoms with Crippen LogP contribution >= 0.6 is 0 Å². The first-order chi connectivity index (χ1) is 8.31. The highest BCUT2D eigenvalue weighted by Crippen LogP contribution is 2.40. The maximum atomic E-state index is 2.32. The smallest absolute Gasteiger partial charge is 0.0405 e. The van der Waals surface area contributed by atoms with Gasteiger partial charge in [0.25, 0.3) is 0 Å². The molecule has 0 amide bonds. The van der Waals surface area contributed by atoms with Crippen LogP contribution in [0, 0.1) is 0 Å². The third-order valence-corrected chi connectivity index (χ3v) is 3.71. The monoisotopic (exact) mass is 223 g/mol. The van der Waals surface area contributed by atoms with Gasteiger partial charge in [-0.05, 0) is 35.2 Å². The molecule has 1 nitrogen and oxygen atoms in total. The van der Waals surface area contributed by atoms with Crippen LogP contribution < -0.4 is 4.90 Å². The standard InChI is InChI=1S/C16H17N/c1-3-17(2)16-10-6-9-14-13-8-5-4-7-12(13)11-15(14)16/h4-10H,3,11H2,1-2H3. The highest BCUT2D eigenvalue weighted by atomic mass is 15.1. The Labute approximate surface area is 103 Å². The fourth-order valence-corrected chi connectivity index (χ4v) is 2.67. The molecular formula is C16H17N. The molecule has 0 atom stereocenters. The molecule has 0 heterocycles. The fraction of sp³-hybridized carbons (Fsp3) is 0.250. The first kappa shape index (κ1) is 10.4. The molecule has 1 aliphatic rings. The summed E-state index contributed by atoms with van der Waals surface area (Å²) in [6, 6.07) is 15.4. The largest absolute Gasteiger partial charge is 0.375 e. The Morgan fingerprint density at radius 1 is 1.00 bits per heavy atom. The molecule has 1 aliphatic carbocycles. The van der Waals surface area contributed by atoms with Crippen LogP contribution in [0.2, 0.25) is 0 Å². The number of hydrogen-bond acceptors (Lipinski definition) is 1. The van der Waals surface area contributed by atoms with Gasteiger partial charge in [0.2, 0.25) is 0 Å². The summed E-state index contributed by atoms with van der Waals surface area (Å²) >= 11 is 0. The molecule has 0 saturated heterocycles. The van der Waals surface area contributed by atoms with E-state index in [1.807, 2.05) is 0 Å². The summed E-state index contributed by atoms with van der Waals surface area (Å²) in [5.41, 5.74) is 7.14. The Bertz CT molecular complexity index is 557. The molecule has 0 spiro atoms. The molecule has 0 aliphatic heterocycles. The Balaban J connectivity index is 2.17. The van der Waals surface area contributed by atoms with E-state index in [0.717, 1.165) is 13.0 Å². The predicted molar refractivity (Wildman–Crippen MR) is 73.6 cm³/mol. The zero-order valence-corrected chi connectivity index (χ0v) is 10.4. The van der Waals surface area contributed by atoms with E-state index in [1.165, 1.54) is 27.9 Å². The molecule has 0 N–H and O–H groups in total. The number of anilines is 1. The summed E-state index contributed by atoms with van der Waals surface area (Å²) in [7, 11) is 2.17. The van der Waals surface area contributed by atoms with Gasteiger partial charge in [-0.3, -0.25) is 0 Å². The molecule has 0 bridgehead atoms. The highest BCUT2D eigenvalue weighted by Gasteiger charge is 2.21. The van der Waals surface area contributed by atoms with E-state index in [2.05, 4.69) is 61.3 Å². The van der Waals surface area contributed by atoms with E-state index in [1.54, 1.807) is 0 Å². The average molecular weight is 223 g/mol. The molecule has 17 heavy (non-hydrogen) atoms. The minimum atomic E-state index is 1.05. The topological polar surface area (TPSA) is 3.24 Å². The van der Waals surface area contributed by atoms with E-state index in [9.17, 15) is 0 Å². The van der Waals surface area contributed by atoms with Crippen LogP contribution in [0.25, 0.3) is 11.1 Å². The van der Waals surface area contributed by atoms with Gasteiger partial charge in [0.15, 0.2) is 0 Å². The number of nitrogens with zero attached hydrogens (tertiary/aromatic N) is 1. The fourth-order valence-electron chi connectivity index (χ4n) is 2.67. The lowest BCUT2D eigenvalue weighted by atomic mass is 10.0. The van der Waals surface area contributed by atoms with Crippen molar-refractivity contribution < 1.29 is 0 Å². The second kappa shape index (κ2) is 3.92. The minimum absolute atomic E-state index is 1.05. The number of hydrogen-bond donors (Lipinski definition) is 0. The van der Waals surface area contributed by atoms with Crippen molar-refractivity contribution in [3.8, 4) is 11.1 Å². The van der Waals surface area contributed by atoms with Gasteiger partial charge in [-0.25, -0.2) is 0 Å². The molecule has 2 aromatic carbocycles. The lowest BCUT2D eigenvalue weighted by Crippen LogP contribution is -2.17. The molecule has 0 aromatic heterocycles. The van der Waals surface area contributed by atoms with Crippen LogP contribution in [-0.2, 0) is 6.42 Å². The highest BCUT2D eigenvalue weighted by molar-refractivity contribution is 5.82. The Morgan fingerprint density at radius 2 is 1.76 bits per heavy atom. The van der Waals surface area contributed by atoms with E-state index in [0.29, 0.717) is 0 Å². The Morgan fingerprint density at radius 3 is 2.59 bits per heavy atom. The van der Waals surface area contributed by atoms with Gasteiger partial charge >= 0.3 is 0 Å². The van der Waals surface area contributed by atoms with Crippen molar-refractivity contribution in [2.24, 2.45) is 0 Å². The van der Waals surface area contributed by atoms with Crippen LogP contribution in [-0.4, -0.2) is 13.6 Å². The quantitative estimate of drug-likeness (QED) is 0.640. The maximum absolute atomic E-state index is 2.32. The summed E-state index contributed by atoms with van der Waals surface area (Å²) < 4.78 is 0. The predicted octanol–water partition coefficient (Wildman–Crippen LogP) is 3.71. The second-order valence-electron chi connectivity index (χ2n) is 4.65. The molecule has 0 fully saturated rings. The van der Waals surface area contributed by atoms with Gasteiger partial charge in [0, 0.05) is 25.7 Å². The molecule has 3 rings (SSSR count). The van der Waals surface area contributed by atoms with E-state index in [-0.39, 0.29) is 0 Å². The van der Waals surface area contributed by atoms with Gasteiger partial charge < -0.3 is 4.90 Å². The Hall–Kier alpha value is -1.76. The van der Waals surface area contributed by atoms with E-state index < -0.39 is 0 Å². The van der Waals surface area contributed by atoms with Gasteiger partial charge in [-0.1, -0.05) is 36.4 Å². The third kappa shape index (κ3) is 1.54. The maximum Gasteiger partial charge on any atom is 0.0405 e. The molecule has 86 valence electrons. The minimum Gasteiger partial charge on any atom is -0.375 e. The van der Waals surface area contributed by atoms with E-state index >= 15 is 0 Å². The third-order valence-electron chi connectivity index (χ3n) is 3.71. The average Bonchev–Trinajstić information content (AvgIpc) is 2.76. The van der Waals surface area contributed by atoms with Crippen molar-refractivity contribution in [3.05, 3.63) is 53.6 Å². The zero-order chi connectivity index (χ0) is 11.8. The summed E-state index contributed by atoms with van der Waals surface area (Å²) in [6.07, 6.45) is 1.08. The number of rotatable bonds is 2. The molecule has 0 radical (unpaired) electrons. The van der Waals surface area contributed by atoms with Gasteiger partial charge in [-0.2, -0.15) is 0 Å². The molecule has 0 unspecified atom stereocenters. The van der Waals surface area contributed by atoms with Crippen LogP contribution in [0.4, 0.5) is 5.69 Å². The Kier molecular flexibility index (Phi) is 2.40. The SMILES string of the molecule is CCN(C)c1cccc2c1Cc1ccccc1-2. The van der Waals surface area contributed by atoms with Crippen molar-refractivity contribution in [3.63, 3.8) is 0 Å². The first-order valence-electron chi connectivity index (χ1n) is 6.22. The molecule has 2 aromatic rings. The van der Waals surface area contributed by atoms with Crippen LogP contribution in [0.1, 0.15) is 18.1 Å². The van der Waals surface area contributed by atoms with Crippen LogP contribution in [0.3, 0.4) is 0 Å². The van der Waals surface area contributed by atoms with Crippen LogP contribution in [0.5, 0.6) is 0 Å². The lowest BCUT2D eigenvalue weighted by molar-refractivity contribution is 0.957. The number of fused-ring (bicyclic) bond motifs is 3. The van der Waals surface area contributed by atoms with Crippen molar-refractivity contribution >= 4 is 5.69 Å². The van der Waals surface area contributed by atoms with Gasteiger partial charge in [0.1, 0.15) is 0 Å². The normalized spacial score (nSPS) is 12.1. The summed E-state index contributed by atoms with van der Waals surface area (Å²) in [6.45, 7) is 3.24. The van der Waals surface area contributed by atoms with Gasteiger partial charge in [-0.15, -0.1) is 0 Å². The summed E-state index contributed by atoms with van der Waals surface area (Å²) in [5.74, 6) is 0. The van der Waals surface area contributed by atoms with E-state index in [4.69, 9.17) is 0 Å². The van der Waals surface area contributed by atoms with Crippen molar-refractivity contribution in [1.29, 1.82) is 0 Å². The zero-order valence-electron chi connectivity index (χ0n) is 10.4. The van der Waals surface area contributed by atoms with Crippen molar-refractivity contribution in [2.75, 3.05) is 18.5 Å². The number of benzene rings is 2. The van der Waals surface area contributed by atoms with Crippen molar-refractivity contribution in [1.82, 2.24) is 0 Å². The van der Waals surface area contributed by atoms with Crippen molar-refractivity contribution in [2.45, 2.75) is 13.3 Å².